The van der Waals surface area contributed by atoms with E-state index in [0.717, 1.165) is 69.7 Å². The predicted octanol–water partition coefficient (Wildman–Crippen LogP) is 7.75. The van der Waals surface area contributed by atoms with Crippen LogP contribution in [0.1, 0.15) is 76.8 Å². The molecule has 5 nitrogen and oxygen atoms in total. The largest absolute Gasteiger partial charge is 0.489 e. The summed E-state index contributed by atoms with van der Waals surface area (Å²) in [5.41, 5.74) is 5.37. The van der Waals surface area contributed by atoms with Crippen molar-refractivity contribution in [3.63, 3.8) is 0 Å². The van der Waals surface area contributed by atoms with Gasteiger partial charge >= 0.3 is 0 Å². The van der Waals surface area contributed by atoms with Crippen LogP contribution in [-0.4, -0.2) is 36.7 Å². The van der Waals surface area contributed by atoms with Gasteiger partial charge in [-0.05, 0) is 53.9 Å². The summed E-state index contributed by atoms with van der Waals surface area (Å²) >= 11 is 3.50. The molecule has 212 valence electrons. The highest BCUT2D eigenvalue weighted by molar-refractivity contribution is 9.10. The van der Waals surface area contributed by atoms with Gasteiger partial charge in [0.2, 0.25) is 0 Å². The highest BCUT2D eigenvalue weighted by Gasteiger charge is 2.49. The lowest BCUT2D eigenvalue weighted by molar-refractivity contribution is -0.119. The number of carbonyl (C=O) groups excluding carboxylic acids is 2. The molecule has 0 amide bonds. The molecule has 0 bridgehead atoms. The van der Waals surface area contributed by atoms with E-state index in [1.807, 2.05) is 48.5 Å². The minimum absolute atomic E-state index is 0.139. The van der Waals surface area contributed by atoms with Crippen molar-refractivity contribution in [3.8, 4) is 5.75 Å². The number of para-hydroxylation sites is 1. The summed E-state index contributed by atoms with van der Waals surface area (Å²) in [4.78, 5) is 30.4. The van der Waals surface area contributed by atoms with Crippen LogP contribution in [0.15, 0.2) is 75.5 Å². The Kier molecular flexibility index (Phi) is 8.13. The molecule has 0 radical (unpaired) electrons. The predicted molar refractivity (Wildman–Crippen MR) is 161 cm³/mol. The number of nitrogens with zero attached hydrogens (tertiary/aromatic N) is 1. The number of ketones is 2. The standard InChI is InChI=1S/C34H40BrNO4/c1-33(2)17-25-31(27(37)19-33)30(24-9-6-7-10-29(24)40-21-22-11-13-23(35)14-12-22)32-26(36(25)15-8-16-39-5)18-34(3,4)20-28(32)38/h6-7,9-14,30H,8,15-21H2,1-5H3. The smallest absolute Gasteiger partial charge is 0.162 e. The number of carbonyl (C=O) groups is 2. The fourth-order valence-corrected chi connectivity index (χ4v) is 6.85. The lowest BCUT2D eigenvalue weighted by Gasteiger charge is -2.49. The SMILES string of the molecule is COCCCN1C2=C(C(=O)CC(C)(C)C2)C(c2ccccc2OCc2ccc(Br)cc2)C2=C1CC(C)(C)CC2=O. The summed E-state index contributed by atoms with van der Waals surface area (Å²) in [7, 11) is 1.72. The van der Waals surface area contributed by atoms with Gasteiger partial charge in [0.05, 0.1) is 0 Å². The first-order chi connectivity index (χ1) is 19.0. The molecule has 2 aromatic rings. The van der Waals surface area contributed by atoms with Gasteiger partial charge in [0.1, 0.15) is 12.4 Å². The van der Waals surface area contributed by atoms with Gasteiger partial charge in [0, 0.05) is 71.6 Å². The normalized spacial score (nSPS) is 20.5. The second kappa shape index (κ2) is 11.3. The van der Waals surface area contributed by atoms with E-state index in [-0.39, 0.29) is 22.4 Å². The van der Waals surface area contributed by atoms with Crippen molar-refractivity contribution in [3.05, 3.63) is 86.7 Å². The summed E-state index contributed by atoms with van der Waals surface area (Å²) in [5.74, 6) is 0.578. The van der Waals surface area contributed by atoms with Crippen molar-refractivity contribution in [2.24, 2.45) is 10.8 Å². The highest BCUT2D eigenvalue weighted by atomic mass is 79.9. The Morgan fingerprint density at radius 2 is 1.43 bits per heavy atom. The van der Waals surface area contributed by atoms with Gasteiger partial charge in [-0.15, -0.1) is 0 Å². The lowest BCUT2D eigenvalue weighted by Crippen LogP contribution is -2.44. The van der Waals surface area contributed by atoms with E-state index in [2.05, 4.69) is 48.5 Å². The average Bonchev–Trinajstić information content (AvgIpc) is 2.87. The zero-order valence-corrected chi connectivity index (χ0v) is 25.9. The Balaban J connectivity index is 1.65. The summed E-state index contributed by atoms with van der Waals surface area (Å²) in [6.07, 6.45) is 3.36. The second-order valence-corrected chi connectivity index (χ2v) is 13.9. The van der Waals surface area contributed by atoms with Crippen LogP contribution in [0, 0.1) is 10.8 Å². The molecule has 0 N–H and O–H groups in total. The molecule has 2 aromatic carbocycles. The van der Waals surface area contributed by atoms with Crippen LogP contribution < -0.4 is 4.74 Å². The van der Waals surface area contributed by atoms with E-state index in [0.29, 0.717) is 26.1 Å². The third-order valence-electron chi connectivity index (χ3n) is 8.29. The number of ether oxygens (including phenoxy) is 2. The lowest BCUT2D eigenvalue weighted by atomic mass is 9.63. The first kappa shape index (κ1) is 28.8. The van der Waals surface area contributed by atoms with Crippen molar-refractivity contribution >= 4 is 27.5 Å². The molecule has 1 aliphatic heterocycles. The molecule has 0 aromatic heterocycles. The van der Waals surface area contributed by atoms with Crippen LogP contribution in [-0.2, 0) is 20.9 Å². The topological polar surface area (TPSA) is 55.8 Å². The van der Waals surface area contributed by atoms with Crippen molar-refractivity contribution < 1.29 is 19.1 Å². The van der Waals surface area contributed by atoms with Crippen molar-refractivity contribution in [2.75, 3.05) is 20.3 Å². The molecule has 40 heavy (non-hydrogen) atoms. The molecule has 0 saturated carbocycles. The number of benzene rings is 2. The van der Waals surface area contributed by atoms with Crippen LogP contribution in [0.2, 0.25) is 0 Å². The fraction of sp³-hybridized carbons (Fsp3) is 0.471. The molecule has 0 atom stereocenters. The molecule has 0 spiro atoms. The Hall–Kier alpha value is -2.70. The fourth-order valence-electron chi connectivity index (χ4n) is 6.59. The van der Waals surface area contributed by atoms with Crippen LogP contribution >= 0.6 is 15.9 Å². The molecule has 0 saturated heterocycles. The monoisotopic (exact) mass is 605 g/mol. The Morgan fingerprint density at radius 1 is 0.850 bits per heavy atom. The van der Waals surface area contributed by atoms with E-state index >= 15 is 0 Å². The van der Waals surface area contributed by atoms with Crippen LogP contribution in [0.4, 0.5) is 0 Å². The summed E-state index contributed by atoms with van der Waals surface area (Å²) in [5, 5.41) is 0. The van der Waals surface area contributed by atoms with E-state index in [9.17, 15) is 9.59 Å². The number of allylic oxidation sites excluding steroid dienone is 4. The molecule has 1 heterocycles. The molecular formula is C34H40BrNO4. The summed E-state index contributed by atoms with van der Waals surface area (Å²) in [6.45, 7) is 10.5. The van der Waals surface area contributed by atoms with E-state index < -0.39 is 5.92 Å². The van der Waals surface area contributed by atoms with E-state index in [1.165, 1.54) is 0 Å². The van der Waals surface area contributed by atoms with Gasteiger partial charge in [-0.1, -0.05) is 74.0 Å². The van der Waals surface area contributed by atoms with E-state index in [1.54, 1.807) is 7.11 Å². The van der Waals surface area contributed by atoms with E-state index in [4.69, 9.17) is 9.47 Å². The Morgan fingerprint density at radius 3 is 2.00 bits per heavy atom. The molecule has 6 heteroatoms. The number of hydrogen-bond donors (Lipinski definition) is 0. The van der Waals surface area contributed by atoms with Gasteiger partial charge in [-0.3, -0.25) is 9.59 Å². The number of methoxy groups -OCH3 is 1. The van der Waals surface area contributed by atoms with Crippen molar-refractivity contribution in [2.45, 2.75) is 72.3 Å². The molecular weight excluding hydrogens is 566 g/mol. The maximum atomic E-state index is 14.0. The number of Topliss-reactive ketones (excluding diaryl/α,β-unsaturated/α-hetero) is 2. The van der Waals surface area contributed by atoms with Crippen LogP contribution in [0.5, 0.6) is 5.75 Å². The minimum Gasteiger partial charge on any atom is -0.489 e. The third kappa shape index (κ3) is 5.84. The van der Waals surface area contributed by atoms with Gasteiger partial charge < -0.3 is 14.4 Å². The first-order valence-electron chi connectivity index (χ1n) is 14.2. The summed E-state index contributed by atoms with van der Waals surface area (Å²) < 4.78 is 12.8. The van der Waals surface area contributed by atoms with Crippen molar-refractivity contribution in [1.82, 2.24) is 4.90 Å². The maximum absolute atomic E-state index is 14.0. The number of rotatable bonds is 8. The maximum Gasteiger partial charge on any atom is 0.162 e. The highest BCUT2D eigenvalue weighted by Crippen LogP contribution is 2.55. The molecule has 5 rings (SSSR count). The molecule has 0 fully saturated rings. The Bertz CT molecular complexity index is 1310. The number of halogens is 1. The second-order valence-electron chi connectivity index (χ2n) is 13.0. The zero-order chi connectivity index (χ0) is 28.7. The van der Waals surface area contributed by atoms with Crippen LogP contribution in [0.3, 0.4) is 0 Å². The zero-order valence-electron chi connectivity index (χ0n) is 24.3. The molecule has 3 aliphatic rings. The quantitative estimate of drug-likeness (QED) is 0.288. The van der Waals surface area contributed by atoms with Gasteiger partial charge in [0.25, 0.3) is 0 Å². The third-order valence-corrected chi connectivity index (χ3v) is 8.82. The first-order valence-corrected chi connectivity index (χ1v) is 15.0. The Labute approximate surface area is 246 Å². The molecule has 2 aliphatic carbocycles. The minimum atomic E-state index is -0.419. The van der Waals surface area contributed by atoms with Crippen LogP contribution in [0.25, 0.3) is 0 Å². The van der Waals surface area contributed by atoms with Crippen molar-refractivity contribution in [1.29, 1.82) is 0 Å². The average molecular weight is 607 g/mol. The van der Waals surface area contributed by atoms with Gasteiger partial charge in [0.15, 0.2) is 11.6 Å². The molecule has 0 unspecified atom stereocenters. The van der Waals surface area contributed by atoms with Gasteiger partial charge in [-0.2, -0.15) is 0 Å². The van der Waals surface area contributed by atoms with Gasteiger partial charge in [-0.25, -0.2) is 0 Å². The summed E-state index contributed by atoms with van der Waals surface area (Å²) in [6, 6.07) is 16.0. The number of hydrogen-bond acceptors (Lipinski definition) is 5.